The zero-order chi connectivity index (χ0) is 17.6. The molecule has 4 nitrogen and oxygen atoms in total. The van der Waals surface area contributed by atoms with Gasteiger partial charge in [0.05, 0.1) is 0 Å². The van der Waals surface area contributed by atoms with E-state index in [1.807, 2.05) is 0 Å². The van der Waals surface area contributed by atoms with Gasteiger partial charge in [-0.3, -0.25) is 9.69 Å². The maximum atomic E-state index is 11.9. The van der Waals surface area contributed by atoms with E-state index in [0.717, 1.165) is 43.0 Å². The highest BCUT2D eigenvalue weighted by atomic mass is 16.1. The van der Waals surface area contributed by atoms with E-state index >= 15 is 0 Å². The van der Waals surface area contributed by atoms with Crippen LogP contribution >= 0.6 is 0 Å². The number of benzene rings is 1. The van der Waals surface area contributed by atoms with Crippen molar-refractivity contribution in [2.24, 2.45) is 5.92 Å². The molecule has 25 heavy (non-hydrogen) atoms. The SMILES string of the molecule is CCCCc1cc(=O)[nH]c(-c2ccc(CN3CCC[C@H](C)C3)cc2)n1. The van der Waals surface area contributed by atoms with Gasteiger partial charge in [-0.15, -0.1) is 0 Å². The Hall–Kier alpha value is -1.94. The summed E-state index contributed by atoms with van der Waals surface area (Å²) >= 11 is 0. The molecule has 1 aromatic carbocycles. The molecule has 0 aliphatic carbocycles. The number of nitrogens with zero attached hydrogens (tertiary/aromatic N) is 2. The Balaban J connectivity index is 1.71. The summed E-state index contributed by atoms with van der Waals surface area (Å²) in [6, 6.07) is 10.1. The fourth-order valence-electron chi connectivity index (χ4n) is 3.59. The van der Waals surface area contributed by atoms with E-state index < -0.39 is 0 Å². The smallest absolute Gasteiger partial charge is 0.251 e. The Labute approximate surface area is 150 Å². The minimum Gasteiger partial charge on any atom is -0.307 e. The number of hydrogen-bond donors (Lipinski definition) is 1. The Morgan fingerprint density at radius 1 is 1.28 bits per heavy atom. The van der Waals surface area contributed by atoms with E-state index in [1.54, 1.807) is 6.07 Å². The highest BCUT2D eigenvalue weighted by Gasteiger charge is 2.16. The molecule has 0 bridgehead atoms. The topological polar surface area (TPSA) is 49.0 Å². The van der Waals surface area contributed by atoms with Gasteiger partial charge in [0.15, 0.2) is 0 Å². The molecular formula is C21H29N3O. The van der Waals surface area contributed by atoms with Crippen molar-refractivity contribution in [2.45, 2.75) is 52.5 Å². The van der Waals surface area contributed by atoms with Crippen LogP contribution in [0.1, 0.15) is 50.8 Å². The first-order valence-electron chi connectivity index (χ1n) is 9.56. The number of aromatic nitrogens is 2. The first-order valence-corrected chi connectivity index (χ1v) is 9.56. The van der Waals surface area contributed by atoms with Gasteiger partial charge in [0.2, 0.25) is 0 Å². The Bertz CT molecular complexity index is 736. The second-order valence-electron chi connectivity index (χ2n) is 7.37. The van der Waals surface area contributed by atoms with Gasteiger partial charge < -0.3 is 4.98 Å². The van der Waals surface area contributed by atoms with Crippen LogP contribution in [0.25, 0.3) is 11.4 Å². The minimum atomic E-state index is -0.0671. The van der Waals surface area contributed by atoms with Crippen molar-refractivity contribution in [3.05, 3.63) is 51.9 Å². The zero-order valence-corrected chi connectivity index (χ0v) is 15.4. The van der Waals surface area contributed by atoms with E-state index in [4.69, 9.17) is 0 Å². The predicted molar refractivity (Wildman–Crippen MR) is 103 cm³/mol. The number of aryl methyl sites for hydroxylation is 1. The fourth-order valence-corrected chi connectivity index (χ4v) is 3.59. The monoisotopic (exact) mass is 339 g/mol. The molecule has 4 heteroatoms. The highest BCUT2D eigenvalue weighted by Crippen LogP contribution is 2.20. The molecule has 1 atom stereocenters. The van der Waals surface area contributed by atoms with Crippen LogP contribution in [0.15, 0.2) is 35.1 Å². The molecule has 134 valence electrons. The maximum Gasteiger partial charge on any atom is 0.251 e. The van der Waals surface area contributed by atoms with Crippen molar-refractivity contribution in [1.82, 2.24) is 14.9 Å². The lowest BCUT2D eigenvalue weighted by atomic mass is 9.99. The lowest BCUT2D eigenvalue weighted by Crippen LogP contribution is -2.33. The van der Waals surface area contributed by atoms with Crippen molar-refractivity contribution in [1.29, 1.82) is 0 Å². The van der Waals surface area contributed by atoms with Crippen molar-refractivity contribution < 1.29 is 0 Å². The Kier molecular flexibility index (Phi) is 6.03. The molecule has 1 aromatic heterocycles. The summed E-state index contributed by atoms with van der Waals surface area (Å²) in [7, 11) is 0. The van der Waals surface area contributed by atoms with Crippen molar-refractivity contribution in [2.75, 3.05) is 13.1 Å². The fraction of sp³-hybridized carbons (Fsp3) is 0.524. The number of rotatable bonds is 6. The van der Waals surface area contributed by atoms with Gasteiger partial charge in [-0.05, 0) is 43.7 Å². The van der Waals surface area contributed by atoms with Crippen LogP contribution in [-0.2, 0) is 13.0 Å². The Morgan fingerprint density at radius 3 is 2.80 bits per heavy atom. The van der Waals surface area contributed by atoms with Gasteiger partial charge in [0.1, 0.15) is 5.82 Å². The van der Waals surface area contributed by atoms with Crippen LogP contribution in [-0.4, -0.2) is 28.0 Å². The number of H-pyrrole nitrogens is 1. The largest absolute Gasteiger partial charge is 0.307 e. The van der Waals surface area contributed by atoms with Gasteiger partial charge in [-0.1, -0.05) is 44.5 Å². The molecule has 3 rings (SSSR count). The summed E-state index contributed by atoms with van der Waals surface area (Å²) in [5.74, 6) is 1.48. The Morgan fingerprint density at radius 2 is 2.08 bits per heavy atom. The number of piperidine rings is 1. The maximum absolute atomic E-state index is 11.9. The summed E-state index contributed by atoms with van der Waals surface area (Å²) in [5, 5.41) is 0. The third kappa shape index (κ3) is 5.02. The zero-order valence-electron chi connectivity index (χ0n) is 15.4. The molecule has 1 aliphatic heterocycles. The van der Waals surface area contributed by atoms with Crippen molar-refractivity contribution in [3.8, 4) is 11.4 Å². The molecule has 0 unspecified atom stereocenters. The summed E-state index contributed by atoms with van der Waals surface area (Å²) in [6.45, 7) is 7.88. The number of nitrogens with one attached hydrogen (secondary N) is 1. The van der Waals surface area contributed by atoms with E-state index in [2.05, 4.69) is 53.0 Å². The summed E-state index contributed by atoms with van der Waals surface area (Å²) in [5.41, 5.74) is 3.11. The van der Waals surface area contributed by atoms with Crippen LogP contribution < -0.4 is 5.56 Å². The summed E-state index contributed by atoms with van der Waals surface area (Å²) in [4.78, 5) is 21.9. The van der Waals surface area contributed by atoms with Crippen molar-refractivity contribution >= 4 is 0 Å². The second-order valence-corrected chi connectivity index (χ2v) is 7.37. The quantitative estimate of drug-likeness (QED) is 0.865. The van der Waals surface area contributed by atoms with Gasteiger partial charge in [0.25, 0.3) is 5.56 Å². The molecule has 1 fully saturated rings. The van der Waals surface area contributed by atoms with E-state index in [-0.39, 0.29) is 5.56 Å². The lowest BCUT2D eigenvalue weighted by molar-refractivity contribution is 0.176. The summed E-state index contributed by atoms with van der Waals surface area (Å²) < 4.78 is 0. The van der Waals surface area contributed by atoms with E-state index in [9.17, 15) is 4.79 Å². The number of aromatic amines is 1. The van der Waals surface area contributed by atoms with Crippen LogP contribution in [0, 0.1) is 5.92 Å². The molecular weight excluding hydrogens is 310 g/mol. The molecule has 1 N–H and O–H groups in total. The molecule has 1 saturated heterocycles. The van der Waals surface area contributed by atoms with Crippen LogP contribution in [0.4, 0.5) is 0 Å². The number of unbranched alkanes of at least 4 members (excludes halogenated alkanes) is 1. The average molecular weight is 339 g/mol. The van der Waals surface area contributed by atoms with Crippen LogP contribution in [0.2, 0.25) is 0 Å². The van der Waals surface area contributed by atoms with Crippen LogP contribution in [0.5, 0.6) is 0 Å². The molecule has 2 heterocycles. The normalized spacial score (nSPS) is 18.4. The van der Waals surface area contributed by atoms with E-state index in [1.165, 1.54) is 31.5 Å². The predicted octanol–water partition coefficient (Wildman–Crippen LogP) is 4.01. The van der Waals surface area contributed by atoms with Gasteiger partial charge in [-0.25, -0.2) is 4.98 Å². The van der Waals surface area contributed by atoms with Crippen LogP contribution in [0.3, 0.4) is 0 Å². The standard InChI is InChI=1S/C21H29N3O/c1-3-4-7-19-13-20(25)23-21(22-19)18-10-8-17(9-11-18)15-24-12-5-6-16(2)14-24/h8-11,13,16H,3-7,12,14-15H2,1-2H3,(H,22,23,25)/t16-/m0/s1. The van der Waals surface area contributed by atoms with Crippen molar-refractivity contribution in [3.63, 3.8) is 0 Å². The molecule has 1 aliphatic rings. The van der Waals surface area contributed by atoms with E-state index in [0.29, 0.717) is 5.82 Å². The molecule has 0 spiro atoms. The molecule has 0 saturated carbocycles. The first-order chi connectivity index (χ1) is 12.1. The molecule has 0 radical (unpaired) electrons. The third-order valence-electron chi connectivity index (χ3n) is 4.96. The van der Waals surface area contributed by atoms with Gasteiger partial charge >= 0.3 is 0 Å². The highest BCUT2D eigenvalue weighted by molar-refractivity contribution is 5.55. The minimum absolute atomic E-state index is 0.0671. The average Bonchev–Trinajstić information content (AvgIpc) is 2.60. The first kappa shape index (κ1) is 17.9. The second kappa shape index (κ2) is 8.43. The number of hydrogen-bond acceptors (Lipinski definition) is 3. The molecule has 2 aromatic rings. The third-order valence-corrected chi connectivity index (χ3v) is 4.96. The lowest BCUT2D eigenvalue weighted by Gasteiger charge is -2.30. The summed E-state index contributed by atoms with van der Waals surface area (Å²) in [6.07, 6.45) is 5.67. The molecule has 0 amide bonds. The van der Waals surface area contributed by atoms with Gasteiger partial charge in [0, 0.05) is 30.4 Å². The number of likely N-dealkylation sites (tertiary alicyclic amines) is 1. The van der Waals surface area contributed by atoms with Gasteiger partial charge in [-0.2, -0.15) is 0 Å².